The van der Waals surface area contributed by atoms with Crippen LogP contribution in [0.1, 0.15) is 5.56 Å². The highest BCUT2D eigenvalue weighted by molar-refractivity contribution is 14.0. The van der Waals surface area contributed by atoms with E-state index in [1.807, 2.05) is 7.05 Å². The lowest BCUT2D eigenvalue weighted by molar-refractivity contribution is -0.0505. The second-order valence-electron chi connectivity index (χ2n) is 6.25. The summed E-state index contributed by atoms with van der Waals surface area (Å²) in [5.74, 6) is 1.45. The Kier molecular flexibility index (Phi) is 8.76. The number of halogens is 3. The number of hydrogen-bond acceptors (Lipinski definition) is 6. The molecule has 0 spiro atoms. The number of ether oxygens (including phenoxy) is 4. The van der Waals surface area contributed by atoms with Gasteiger partial charge in [0.15, 0.2) is 17.5 Å². The van der Waals surface area contributed by atoms with Crippen LogP contribution in [0.25, 0.3) is 0 Å². The van der Waals surface area contributed by atoms with Crippen LogP contribution in [-0.2, 0) is 11.3 Å². The maximum atomic E-state index is 12.7. The van der Waals surface area contributed by atoms with Gasteiger partial charge in [-0.1, -0.05) is 0 Å². The quantitative estimate of drug-likeness (QED) is 0.340. The number of benzene rings is 1. The molecule has 28 heavy (non-hydrogen) atoms. The van der Waals surface area contributed by atoms with Crippen LogP contribution in [0.5, 0.6) is 17.2 Å². The number of nitrogens with one attached hydrogen (secondary N) is 2. The SMILES string of the molecule is CN=C(NCc1cc2c(cc1OC(F)F)OCO2)NCC1CN(C)CCO1.I. The zero-order valence-electron chi connectivity index (χ0n) is 15.7. The standard InChI is InChI=1S/C17H24F2N4O4.HI/c1-20-17(22-8-12-9-23(2)3-4-24-12)21-7-11-5-14-15(26-10-25-14)6-13(11)27-16(18)19;/h5-6,12,16H,3-4,7-10H2,1-2H3,(H2,20,21,22);1H. The first kappa shape index (κ1) is 22.7. The van der Waals surface area contributed by atoms with Crippen molar-refractivity contribution in [3.63, 3.8) is 0 Å². The van der Waals surface area contributed by atoms with Crippen molar-refractivity contribution in [3.05, 3.63) is 17.7 Å². The number of hydrogen-bond donors (Lipinski definition) is 2. The summed E-state index contributed by atoms with van der Waals surface area (Å²) in [7, 11) is 3.69. The van der Waals surface area contributed by atoms with Gasteiger partial charge in [0, 0.05) is 44.9 Å². The predicted octanol–water partition coefficient (Wildman–Crippen LogP) is 1.63. The van der Waals surface area contributed by atoms with Crippen LogP contribution in [-0.4, -0.2) is 70.7 Å². The molecule has 8 nitrogen and oxygen atoms in total. The molecule has 0 radical (unpaired) electrons. The van der Waals surface area contributed by atoms with Gasteiger partial charge >= 0.3 is 6.61 Å². The van der Waals surface area contributed by atoms with Crippen LogP contribution < -0.4 is 24.8 Å². The molecule has 1 atom stereocenters. The van der Waals surface area contributed by atoms with Crippen LogP contribution in [0.3, 0.4) is 0 Å². The van der Waals surface area contributed by atoms with Crippen molar-refractivity contribution >= 4 is 29.9 Å². The third kappa shape index (κ3) is 6.21. The normalized spacial score (nSPS) is 19.3. The van der Waals surface area contributed by atoms with Crippen LogP contribution in [0.2, 0.25) is 0 Å². The number of guanidine groups is 1. The van der Waals surface area contributed by atoms with Crippen molar-refractivity contribution in [2.24, 2.45) is 4.99 Å². The second-order valence-corrected chi connectivity index (χ2v) is 6.25. The lowest BCUT2D eigenvalue weighted by atomic mass is 10.1. The largest absolute Gasteiger partial charge is 0.454 e. The minimum atomic E-state index is -2.93. The number of morpholine rings is 1. The maximum absolute atomic E-state index is 12.7. The molecule has 1 saturated heterocycles. The van der Waals surface area contributed by atoms with Crippen LogP contribution in [0.4, 0.5) is 8.78 Å². The zero-order chi connectivity index (χ0) is 19.2. The fraction of sp³-hybridized carbons (Fsp3) is 0.588. The molecule has 0 amide bonds. The Morgan fingerprint density at radius 3 is 2.75 bits per heavy atom. The average Bonchev–Trinajstić information content (AvgIpc) is 3.08. The fourth-order valence-electron chi connectivity index (χ4n) is 2.91. The number of alkyl halides is 2. The number of fused-ring (bicyclic) bond motifs is 1. The van der Waals surface area contributed by atoms with Crippen LogP contribution in [0.15, 0.2) is 17.1 Å². The third-order valence-corrected chi connectivity index (χ3v) is 4.28. The Balaban J connectivity index is 0.00000280. The molecule has 2 heterocycles. The van der Waals surface area contributed by atoms with E-state index < -0.39 is 6.61 Å². The molecule has 11 heteroatoms. The van der Waals surface area contributed by atoms with Gasteiger partial charge in [-0.05, 0) is 13.1 Å². The Bertz CT molecular complexity index is 681. The van der Waals surface area contributed by atoms with E-state index in [2.05, 4.69) is 25.3 Å². The van der Waals surface area contributed by atoms with E-state index in [1.54, 1.807) is 13.1 Å². The Labute approximate surface area is 179 Å². The monoisotopic (exact) mass is 514 g/mol. The Hall–Kier alpha value is -1.60. The summed E-state index contributed by atoms with van der Waals surface area (Å²) in [5, 5.41) is 6.27. The van der Waals surface area contributed by atoms with E-state index in [-0.39, 0.29) is 49.2 Å². The first-order chi connectivity index (χ1) is 13.0. The molecule has 1 fully saturated rings. The van der Waals surface area contributed by atoms with Crippen LogP contribution >= 0.6 is 24.0 Å². The minimum Gasteiger partial charge on any atom is -0.454 e. The number of aliphatic imine (C=N–C) groups is 1. The molecule has 1 unspecified atom stereocenters. The van der Waals surface area contributed by atoms with E-state index in [9.17, 15) is 8.78 Å². The first-order valence-electron chi connectivity index (χ1n) is 8.67. The molecule has 0 saturated carbocycles. The molecular formula is C17H25F2IN4O4. The van der Waals surface area contributed by atoms with Crippen molar-refractivity contribution in [2.45, 2.75) is 19.3 Å². The molecule has 1 aromatic rings. The van der Waals surface area contributed by atoms with Gasteiger partial charge in [0.05, 0.1) is 12.7 Å². The van der Waals surface area contributed by atoms with E-state index in [0.29, 0.717) is 36.2 Å². The van der Waals surface area contributed by atoms with Gasteiger partial charge in [0.1, 0.15) is 5.75 Å². The first-order valence-corrected chi connectivity index (χ1v) is 8.67. The van der Waals surface area contributed by atoms with Gasteiger partial charge < -0.3 is 34.5 Å². The van der Waals surface area contributed by atoms with Gasteiger partial charge in [-0.3, -0.25) is 4.99 Å². The summed E-state index contributed by atoms with van der Waals surface area (Å²) in [6, 6.07) is 3.03. The van der Waals surface area contributed by atoms with Gasteiger partial charge in [-0.15, -0.1) is 24.0 Å². The lowest BCUT2D eigenvalue weighted by Gasteiger charge is -2.30. The third-order valence-electron chi connectivity index (χ3n) is 4.28. The molecule has 0 bridgehead atoms. The van der Waals surface area contributed by atoms with Crippen molar-refractivity contribution in [2.75, 3.05) is 47.1 Å². The van der Waals surface area contributed by atoms with Crippen molar-refractivity contribution < 1.29 is 27.7 Å². The molecule has 158 valence electrons. The predicted molar refractivity (Wildman–Crippen MR) is 110 cm³/mol. The summed E-state index contributed by atoms with van der Waals surface area (Å²) >= 11 is 0. The minimum absolute atomic E-state index is 0. The fourth-order valence-corrected chi connectivity index (χ4v) is 2.91. The second kappa shape index (κ2) is 10.8. The Morgan fingerprint density at radius 2 is 2.07 bits per heavy atom. The van der Waals surface area contributed by atoms with Crippen molar-refractivity contribution in [1.82, 2.24) is 15.5 Å². The summed E-state index contributed by atoms with van der Waals surface area (Å²) < 4.78 is 46.2. The summed E-state index contributed by atoms with van der Waals surface area (Å²) in [6.07, 6.45) is 0.0607. The van der Waals surface area contributed by atoms with Gasteiger partial charge in [0.25, 0.3) is 0 Å². The highest BCUT2D eigenvalue weighted by Crippen LogP contribution is 2.38. The van der Waals surface area contributed by atoms with Crippen LogP contribution in [0, 0.1) is 0 Å². The van der Waals surface area contributed by atoms with Crippen molar-refractivity contribution in [1.29, 1.82) is 0 Å². The molecule has 0 aromatic heterocycles. The topological polar surface area (TPSA) is 76.6 Å². The van der Waals surface area contributed by atoms with E-state index in [0.717, 1.165) is 13.1 Å². The molecule has 2 aliphatic rings. The van der Waals surface area contributed by atoms with E-state index in [4.69, 9.17) is 14.2 Å². The highest BCUT2D eigenvalue weighted by Gasteiger charge is 2.21. The molecule has 0 aliphatic carbocycles. The van der Waals surface area contributed by atoms with Gasteiger partial charge in [0.2, 0.25) is 6.79 Å². The number of rotatable bonds is 6. The number of likely N-dealkylation sites (N-methyl/N-ethyl adjacent to an activating group) is 1. The van der Waals surface area contributed by atoms with Crippen molar-refractivity contribution in [3.8, 4) is 17.2 Å². The molecule has 3 rings (SSSR count). The smallest absolute Gasteiger partial charge is 0.387 e. The molecule has 2 N–H and O–H groups in total. The van der Waals surface area contributed by atoms with Gasteiger partial charge in [-0.2, -0.15) is 8.78 Å². The molecule has 2 aliphatic heterocycles. The van der Waals surface area contributed by atoms with E-state index >= 15 is 0 Å². The van der Waals surface area contributed by atoms with Gasteiger partial charge in [-0.25, -0.2) is 0 Å². The summed E-state index contributed by atoms with van der Waals surface area (Å²) in [6.45, 7) is 0.385. The highest BCUT2D eigenvalue weighted by atomic mass is 127. The summed E-state index contributed by atoms with van der Waals surface area (Å²) in [5.41, 5.74) is 0.510. The average molecular weight is 514 g/mol. The maximum Gasteiger partial charge on any atom is 0.387 e. The zero-order valence-corrected chi connectivity index (χ0v) is 18.1. The summed E-state index contributed by atoms with van der Waals surface area (Å²) in [4.78, 5) is 6.35. The molecule has 1 aromatic carbocycles. The molecular weight excluding hydrogens is 489 g/mol. The number of nitrogens with zero attached hydrogens (tertiary/aromatic N) is 2. The lowest BCUT2D eigenvalue weighted by Crippen LogP contribution is -2.48. The van der Waals surface area contributed by atoms with E-state index in [1.165, 1.54) is 6.07 Å². The Morgan fingerprint density at radius 1 is 1.32 bits per heavy atom.